The normalized spacial score (nSPS) is 15.0. The molecule has 0 spiro atoms. The second-order valence-electron chi connectivity index (χ2n) is 7.54. The van der Waals surface area contributed by atoms with E-state index in [1.54, 1.807) is 16.8 Å². The molecule has 0 radical (unpaired) electrons. The van der Waals surface area contributed by atoms with Gasteiger partial charge in [0.15, 0.2) is 5.65 Å². The number of nitrogens with zero attached hydrogens (tertiary/aromatic N) is 3. The van der Waals surface area contributed by atoms with E-state index in [-0.39, 0.29) is 17.8 Å². The number of amides is 1. The Morgan fingerprint density at radius 1 is 1.29 bits per heavy atom. The van der Waals surface area contributed by atoms with Gasteiger partial charge in [-0.25, -0.2) is 14.1 Å². The first-order valence-corrected chi connectivity index (χ1v) is 10.0. The van der Waals surface area contributed by atoms with Gasteiger partial charge in [0.25, 0.3) is 5.91 Å². The van der Waals surface area contributed by atoms with Gasteiger partial charge >= 0.3 is 0 Å². The van der Waals surface area contributed by atoms with Gasteiger partial charge in [-0.15, -0.1) is 0 Å². The van der Waals surface area contributed by atoms with Crippen molar-refractivity contribution in [3.05, 3.63) is 53.1 Å². The summed E-state index contributed by atoms with van der Waals surface area (Å²) in [5, 5.41) is 8.72. The quantitative estimate of drug-likeness (QED) is 0.684. The number of benzene rings is 1. The summed E-state index contributed by atoms with van der Waals surface area (Å²) in [6, 6.07) is 8.20. The van der Waals surface area contributed by atoms with Crippen molar-refractivity contribution in [3.63, 3.8) is 0 Å². The predicted molar refractivity (Wildman–Crippen MR) is 107 cm³/mol. The summed E-state index contributed by atoms with van der Waals surface area (Å²) in [5.41, 5.74) is 3.81. The highest BCUT2D eigenvalue weighted by Crippen LogP contribution is 2.43. The second kappa shape index (κ2) is 7.34. The van der Waals surface area contributed by atoms with Crippen LogP contribution in [0.5, 0.6) is 0 Å². The molecule has 4 rings (SSSR count). The molecule has 1 atom stereocenters. The minimum absolute atomic E-state index is 0.0861. The van der Waals surface area contributed by atoms with Crippen LogP contribution in [0.1, 0.15) is 67.7 Å². The minimum Gasteiger partial charge on any atom is -0.350 e. The van der Waals surface area contributed by atoms with E-state index < -0.39 is 0 Å². The van der Waals surface area contributed by atoms with Crippen molar-refractivity contribution in [2.24, 2.45) is 0 Å². The Morgan fingerprint density at radius 2 is 2.00 bits per heavy atom. The molecule has 3 aromatic rings. The van der Waals surface area contributed by atoms with Crippen LogP contribution in [0.15, 0.2) is 30.3 Å². The number of rotatable bonds is 6. The van der Waals surface area contributed by atoms with Crippen molar-refractivity contribution in [2.45, 2.75) is 58.4 Å². The van der Waals surface area contributed by atoms with Crippen LogP contribution in [0.4, 0.5) is 4.39 Å². The number of aromatic nitrogens is 3. The lowest BCUT2D eigenvalue weighted by Crippen LogP contribution is -2.32. The maximum Gasteiger partial charge on any atom is 0.252 e. The number of hydrogen-bond acceptors (Lipinski definition) is 3. The van der Waals surface area contributed by atoms with Gasteiger partial charge < -0.3 is 5.32 Å². The molecule has 146 valence electrons. The molecule has 1 N–H and O–H groups in total. The highest BCUT2D eigenvalue weighted by Gasteiger charge is 2.32. The molecule has 6 heteroatoms. The summed E-state index contributed by atoms with van der Waals surface area (Å²) >= 11 is 0. The molecule has 1 aliphatic rings. The zero-order valence-electron chi connectivity index (χ0n) is 16.5. The summed E-state index contributed by atoms with van der Waals surface area (Å²) in [7, 11) is 0. The minimum atomic E-state index is -0.293. The lowest BCUT2D eigenvalue weighted by atomic mass is 10.0. The summed E-state index contributed by atoms with van der Waals surface area (Å²) in [6.07, 6.45) is 3.72. The fraction of sp³-hybridized carbons (Fsp3) is 0.409. The second-order valence-corrected chi connectivity index (χ2v) is 7.54. The zero-order chi connectivity index (χ0) is 19.8. The predicted octanol–water partition coefficient (Wildman–Crippen LogP) is 4.53. The maximum absolute atomic E-state index is 13.4. The highest BCUT2D eigenvalue weighted by atomic mass is 19.1. The van der Waals surface area contributed by atoms with Crippen LogP contribution in [-0.2, 0) is 6.42 Å². The van der Waals surface area contributed by atoms with E-state index in [1.165, 1.54) is 12.1 Å². The largest absolute Gasteiger partial charge is 0.350 e. The fourth-order valence-electron chi connectivity index (χ4n) is 3.36. The fourth-order valence-corrected chi connectivity index (χ4v) is 3.36. The van der Waals surface area contributed by atoms with Gasteiger partial charge in [0.1, 0.15) is 5.82 Å². The monoisotopic (exact) mass is 380 g/mol. The Kier molecular flexibility index (Phi) is 4.87. The molecule has 0 bridgehead atoms. The Labute approximate surface area is 164 Å². The Morgan fingerprint density at radius 3 is 2.61 bits per heavy atom. The van der Waals surface area contributed by atoms with Crippen LogP contribution >= 0.6 is 0 Å². The van der Waals surface area contributed by atoms with E-state index in [1.807, 2.05) is 26.8 Å². The SMILES string of the molecule is CCc1cc(C(=O)N[C@@H](C)CC)c2c(C3CC3)nn(-c3ccc(F)cc3)c2n1. The van der Waals surface area contributed by atoms with Crippen molar-refractivity contribution in [1.82, 2.24) is 20.1 Å². The van der Waals surface area contributed by atoms with Crippen molar-refractivity contribution >= 4 is 16.9 Å². The molecule has 2 heterocycles. The van der Waals surface area contributed by atoms with Crippen LogP contribution in [0, 0.1) is 5.82 Å². The van der Waals surface area contributed by atoms with Gasteiger partial charge in [-0.3, -0.25) is 4.79 Å². The van der Waals surface area contributed by atoms with E-state index >= 15 is 0 Å². The maximum atomic E-state index is 13.4. The third kappa shape index (κ3) is 3.39. The summed E-state index contributed by atoms with van der Waals surface area (Å²) < 4.78 is 15.2. The van der Waals surface area contributed by atoms with Crippen molar-refractivity contribution in [2.75, 3.05) is 0 Å². The molecule has 1 aromatic carbocycles. The van der Waals surface area contributed by atoms with E-state index in [0.717, 1.165) is 41.7 Å². The van der Waals surface area contributed by atoms with Gasteiger partial charge in [-0.2, -0.15) is 5.10 Å². The van der Waals surface area contributed by atoms with E-state index in [4.69, 9.17) is 10.1 Å². The molecule has 1 amide bonds. The summed E-state index contributed by atoms with van der Waals surface area (Å²) in [4.78, 5) is 17.8. The molecule has 1 fully saturated rings. The topological polar surface area (TPSA) is 59.8 Å². The molecule has 1 aliphatic carbocycles. The number of aryl methyl sites for hydroxylation is 1. The molecule has 2 aromatic heterocycles. The van der Waals surface area contributed by atoms with E-state index in [9.17, 15) is 9.18 Å². The van der Waals surface area contributed by atoms with Crippen molar-refractivity contribution in [3.8, 4) is 5.69 Å². The van der Waals surface area contributed by atoms with Gasteiger partial charge in [0, 0.05) is 17.7 Å². The molecule has 0 saturated heterocycles. The van der Waals surface area contributed by atoms with Crippen molar-refractivity contribution in [1.29, 1.82) is 0 Å². The highest BCUT2D eigenvalue weighted by molar-refractivity contribution is 6.07. The first-order valence-electron chi connectivity index (χ1n) is 10.0. The molecule has 28 heavy (non-hydrogen) atoms. The first kappa shape index (κ1) is 18.6. The Balaban J connectivity index is 1.94. The van der Waals surface area contributed by atoms with Gasteiger partial charge in [-0.05, 0) is 62.9 Å². The smallest absolute Gasteiger partial charge is 0.252 e. The van der Waals surface area contributed by atoms with Gasteiger partial charge in [0.05, 0.1) is 22.3 Å². The first-order chi connectivity index (χ1) is 13.5. The van der Waals surface area contributed by atoms with E-state index in [2.05, 4.69) is 5.32 Å². The lowest BCUT2D eigenvalue weighted by molar-refractivity contribution is 0.0940. The van der Waals surface area contributed by atoms with Crippen molar-refractivity contribution < 1.29 is 9.18 Å². The average Bonchev–Trinajstić information content (AvgIpc) is 3.48. The third-order valence-electron chi connectivity index (χ3n) is 5.35. The molecule has 5 nitrogen and oxygen atoms in total. The number of carbonyl (C=O) groups is 1. The average molecular weight is 380 g/mol. The number of hydrogen-bond donors (Lipinski definition) is 1. The van der Waals surface area contributed by atoms with Crippen LogP contribution in [0.2, 0.25) is 0 Å². The van der Waals surface area contributed by atoms with E-state index in [0.29, 0.717) is 23.5 Å². The van der Waals surface area contributed by atoms with Crippen LogP contribution in [0.3, 0.4) is 0 Å². The number of halogens is 1. The molecule has 1 saturated carbocycles. The van der Waals surface area contributed by atoms with Gasteiger partial charge in [0.2, 0.25) is 0 Å². The van der Waals surface area contributed by atoms with Gasteiger partial charge in [-0.1, -0.05) is 13.8 Å². The molecular weight excluding hydrogens is 355 g/mol. The van der Waals surface area contributed by atoms with Crippen LogP contribution < -0.4 is 5.32 Å². The summed E-state index contributed by atoms with van der Waals surface area (Å²) in [5.74, 6) is -0.0240. The Bertz CT molecular complexity index is 1020. The third-order valence-corrected chi connectivity index (χ3v) is 5.35. The lowest BCUT2D eigenvalue weighted by Gasteiger charge is -2.13. The van der Waals surface area contributed by atoms with Crippen LogP contribution in [0.25, 0.3) is 16.7 Å². The standard InChI is InChI=1S/C22H25FN4O/c1-4-13(3)24-22(28)18-12-16(5-2)25-21-19(18)20(14-6-7-14)26-27(21)17-10-8-15(23)9-11-17/h8-14H,4-7H2,1-3H3,(H,24,28)/t13-/m0/s1. The molecule has 0 aliphatic heterocycles. The summed E-state index contributed by atoms with van der Waals surface area (Å²) in [6.45, 7) is 6.07. The Hall–Kier alpha value is -2.76. The molecule has 0 unspecified atom stereocenters. The number of pyridine rings is 1. The zero-order valence-corrected chi connectivity index (χ0v) is 16.5. The number of fused-ring (bicyclic) bond motifs is 1. The number of nitrogens with one attached hydrogen (secondary N) is 1. The number of carbonyl (C=O) groups excluding carboxylic acids is 1. The van der Waals surface area contributed by atoms with Crippen LogP contribution in [-0.4, -0.2) is 26.7 Å². The molecular formula is C22H25FN4O.